The molecule has 430 valence electrons. The molecule has 3 aliphatic rings. The van der Waals surface area contributed by atoms with E-state index in [1.807, 2.05) is 39.9 Å². The number of aryl methyl sites for hydroxylation is 1. The Morgan fingerprint density at radius 2 is 1.47 bits per heavy atom. The number of hydrogen-bond acceptors (Lipinski definition) is 14. The van der Waals surface area contributed by atoms with Crippen LogP contribution >= 0.6 is 0 Å². The quantitative estimate of drug-likeness (QED) is 0.0339. The number of carbonyl (C=O) groups excluding carboxylic acids is 6. The largest absolute Gasteiger partial charge is 0.468 e. The Bertz CT molecular complexity index is 3200. The molecule has 3 aromatic carbocycles. The highest BCUT2D eigenvalue weighted by Crippen LogP contribution is 2.36. The molecule has 0 bridgehead atoms. The number of aromatic nitrogens is 6. The second kappa shape index (κ2) is 27.4. The van der Waals surface area contributed by atoms with Crippen molar-refractivity contribution in [1.82, 2.24) is 55.3 Å². The van der Waals surface area contributed by atoms with Gasteiger partial charge in [0.25, 0.3) is 5.91 Å². The van der Waals surface area contributed by atoms with Gasteiger partial charge in [0.2, 0.25) is 23.6 Å². The summed E-state index contributed by atoms with van der Waals surface area (Å²) in [5.41, 5.74) is 10.8. The molecule has 6 N–H and O–H groups in total. The zero-order valence-corrected chi connectivity index (χ0v) is 46.5. The average Bonchev–Trinajstić information content (AvgIpc) is 4.03. The standard InChI is InChI=1S/C59H75FN14O7/c1-39-56-45(12-11-13-48(56)74(69-39)38-53(77)63-34-51(75)64-35-55(79)81-2)46-31-49-43(30-47(46)60)32-66-73(49)36-40-19-26-70(27-20-40)37-52(76)62-23-8-5-3-4-7-14-54(78)72-28-21-42(22-29-72)41-15-17-44(18-16-41)67-59-57(58(61)80)65-33-50(68-59)71-24-9-6-10-25-71/h11-13,15-18,30-33,40,42H,3-10,14,19-29,34-38H2,1-2H3,(H2,61,80)(H,62,76)(H,63,77)(H,64,75)(H,67,68). The van der Waals surface area contributed by atoms with E-state index in [0.717, 1.165) is 127 Å². The maximum atomic E-state index is 15.9. The summed E-state index contributed by atoms with van der Waals surface area (Å²) in [6, 6.07) is 17.0. The Kier molecular flexibility index (Phi) is 19.5. The lowest BCUT2D eigenvalue weighted by Gasteiger charge is -2.32. The van der Waals surface area contributed by atoms with Crippen LogP contribution in [0.25, 0.3) is 32.9 Å². The Morgan fingerprint density at radius 3 is 2.22 bits per heavy atom. The highest BCUT2D eigenvalue weighted by molar-refractivity contribution is 6.00. The van der Waals surface area contributed by atoms with Gasteiger partial charge in [-0.2, -0.15) is 10.2 Å². The highest BCUT2D eigenvalue weighted by Gasteiger charge is 2.26. The Balaban J connectivity index is 0.642. The van der Waals surface area contributed by atoms with Gasteiger partial charge in [0, 0.05) is 67.7 Å². The van der Waals surface area contributed by atoms with Crippen molar-refractivity contribution in [2.45, 2.75) is 109 Å². The Hall–Kier alpha value is -8.01. The first kappa shape index (κ1) is 57.7. The number of halogens is 1. The minimum atomic E-state index is -0.629. The number of hydrogen-bond donors (Lipinski definition) is 5. The zero-order chi connectivity index (χ0) is 56.8. The molecular weight excluding hydrogens is 1040 g/mol. The summed E-state index contributed by atoms with van der Waals surface area (Å²) in [7, 11) is 1.21. The molecule has 0 spiro atoms. The SMILES string of the molecule is COC(=O)CNC(=O)CNC(=O)Cn1nc(C)c2c(-c3cc4c(cnn4CC4CCN(CC(=O)NCCCCCCCC(=O)N5CCC(c6ccc(Nc7nc(N8CCCCC8)cnc7C(N)=O)cc6)CC5)CC4)cc3F)cccc21. The first-order chi connectivity index (χ1) is 39.3. The number of piperidine rings is 3. The van der Waals surface area contributed by atoms with Crippen LogP contribution in [0.4, 0.5) is 21.7 Å². The number of rotatable bonds is 24. The van der Waals surface area contributed by atoms with Crippen molar-refractivity contribution in [3.05, 3.63) is 89.8 Å². The number of fused-ring (bicyclic) bond motifs is 2. The van der Waals surface area contributed by atoms with Gasteiger partial charge in [0.15, 0.2) is 11.5 Å². The molecule has 0 unspecified atom stereocenters. The number of anilines is 3. The number of likely N-dealkylation sites (tertiary alicyclic amines) is 2. The van der Waals surface area contributed by atoms with Crippen molar-refractivity contribution >= 4 is 74.6 Å². The van der Waals surface area contributed by atoms with Gasteiger partial charge >= 0.3 is 5.97 Å². The van der Waals surface area contributed by atoms with Gasteiger partial charge < -0.3 is 41.5 Å². The minimum absolute atomic E-state index is 0.0294. The van der Waals surface area contributed by atoms with E-state index in [4.69, 9.17) is 10.7 Å². The third-order valence-electron chi connectivity index (χ3n) is 15.9. The summed E-state index contributed by atoms with van der Waals surface area (Å²) >= 11 is 0. The van der Waals surface area contributed by atoms with Gasteiger partial charge in [0.05, 0.1) is 49.3 Å². The molecule has 6 heterocycles. The van der Waals surface area contributed by atoms with Crippen LogP contribution in [0.2, 0.25) is 0 Å². The number of nitrogens with zero attached hydrogens (tertiary/aromatic N) is 9. The number of carbonyl (C=O) groups is 6. The van der Waals surface area contributed by atoms with Crippen LogP contribution in [0, 0.1) is 18.7 Å². The van der Waals surface area contributed by atoms with E-state index in [-0.39, 0.29) is 37.1 Å². The second-order valence-electron chi connectivity index (χ2n) is 21.6. The number of nitrogens with one attached hydrogen (secondary N) is 4. The maximum Gasteiger partial charge on any atom is 0.325 e. The predicted octanol–water partition coefficient (Wildman–Crippen LogP) is 6.10. The van der Waals surface area contributed by atoms with Gasteiger partial charge in [-0.1, -0.05) is 43.5 Å². The van der Waals surface area contributed by atoms with Gasteiger partial charge in [0.1, 0.15) is 24.7 Å². The first-order valence-corrected chi connectivity index (χ1v) is 28.6. The van der Waals surface area contributed by atoms with E-state index in [2.05, 4.69) is 63.1 Å². The fraction of sp³-hybridized carbons (Fsp3) is 0.492. The van der Waals surface area contributed by atoms with Crippen molar-refractivity contribution in [3.63, 3.8) is 0 Å². The van der Waals surface area contributed by atoms with Crippen LogP contribution in [0.1, 0.15) is 111 Å². The van der Waals surface area contributed by atoms with Gasteiger partial charge in [-0.15, -0.1) is 0 Å². The molecule has 6 aromatic rings. The van der Waals surface area contributed by atoms with Crippen LogP contribution in [0.3, 0.4) is 0 Å². The number of unbranched alkanes of at least 4 members (excludes halogenated alkanes) is 4. The lowest BCUT2D eigenvalue weighted by atomic mass is 9.89. The number of benzene rings is 3. The number of ether oxygens (including phenoxy) is 1. The van der Waals surface area contributed by atoms with Crippen LogP contribution < -0.4 is 31.9 Å². The molecular formula is C59H75FN14O7. The molecule has 81 heavy (non-hydrogen) atoms. The molecule has 0 saturated carbocycles. The molecule has 22 heteroatoms. The van der Waals surface area contributed by atoms with E-state index in [9.17, 15) is 28.8 Å². The second-order valence-corrected chi connectivity index (χ2v) is 21.6. The summed E-state index contributed by atoms with van der Waals surface area (Å²) in [6.07, 6.45) is 15.6. The van der Waals surface area contributed by atoms with E-state index >= 15 is 4.39 Å². The molecule has 3 aromatic heterocycles. The van der Waals surface area contributed by atoms with Crippen molar-refractivity contribution in [2.75, 3.05) is 82.8 Å². The summed E-state index contributed by atoms with van der Waals surface area (Å²) in [4.78, 5) is 89.9. The van der Waals surface area contributed by atoms with Crippen LogP contribution in [0.15, 0.2) is 67.0 Å². The molecule has 0 aliphatic carbocycles. The van der Waals surface area contributed by atoms with Gasteiger partial charge in [-0.3, -0.25) is 43.0 Å². The number of primary amides is 1. The zero-order valence-electron chi connectivity index (χ0n) is 46.5. The highest BCUT2D eigenvalue weighted by atomic mass is 19.1. The van der Waals surface area contributed by atoms with Crippen LogP contribution in [-0.4, -0.2) is 147 Å². The average molecular weight is 1110 g/mol. The number of nitrogens with two attached hydrogens (primary N) is 1. The van der Waals surface area contributed by atoms with Crippen molar-refractivity contribution in [3.8, 4) is 11.1 Å². The van der Waals surface area contributed by atoms with Crippen LogP contribution in [-0.2, 0) is 41.8 Å². The predicted molar refractivity (Wildman–Crippen MR) is 306 cm³/mol. The summed E-state index contributed by atoms with van der Waals surface area (Å²) < 4.78 is 23.9. The van der Waals surface area contributed by atoms with E-state index in [0.29, 0.717) is 76.8 Å². The van der Waals surface area contributed by atoms with E-state index in [1.54, 1.807) is 25.4 Å². The lowest BCUT2D eigenvalue weighted by Crippen LogP contribution is -2.42. The van der Waals surface area contributed by atoms with Crippen LogP contribution in [0.5, 0.6) is 0 Å². The van der Waals surface area contributed by atoms with Gasteiger partial charge in [-0.25, -0.2) is 14.4 Å². The Morgan fingerprint density at radius 1 is 0.741 bits per heavy atom. The number of esters is 1. The normalized spacial score (nSPS) is 15.4. The van der Waals surface area contributed by atoms with Crippen molar-refractivity contribution < 1.29 is 37.9 Å². The fourth-order valence-electron chi connectivity index (χ4n) is 11.4. The Labute approximate surface area is 470 Å². The molecule has 5 amide bonds. The number of methoxy groups -OCH3 is 1. The lowest BCUT2D eigenvalue weighted by molar-refractivity contribution is -0.141. The third-order valence-corrected chi connectivity index (χ3v) is 15.9. The molecule has 3 saturated heterocycles. The molecule has 0 atom stereocenters. The monoisotopic (exact) mass is 1110 g/mol. The van der Waals surface area contributed by atoms with E-state index < -0.39 is 29.5 Å². The maximum absolute atomic E-state index is 15.9. The smallest absolute Gasteiger partial charge is 0.325 e. The first-order valence-electron chi connectivity index (χ1n) is 28.6. The molecule has 3 fully saturated rings. The third kappa shape index (κ3) is 15.1. The molecule has 9 rings (SSSR count). The fourth-order valence-corrected chi connectivity index (χ4v) is 11.4. The molecule has 0 radical (unpaired) electrons. The van der Waals surface area contributed by atoms with Crippen molar-refractivity contribution in [1.29, 1.82) is 0 Å². The topological polar surface area (TPSA) is 257 Å². The summed E-state index contributed by atoms with van der Waals surface area (Å²) in [6.45, 7) is 7.53. The summed E-state index contributed by atoms with van der Waals surface area (Å²) in [5, 5.41) is 21.9. The molecule has 3 aliphatic heterocycles. The molecule has 21 nitrogen and oxygen atoms in total. The van der Waals surface area contributed by atoms with Crippen molar-refractivity contribution in [2.24, 2.45) is 11.7 Å². The van der Waals surface area contributed by atoms with E-state index in [1.165, 1.54) is 29.8 Å². The van der Waals surface area contributed by atoms with Gasteiger partial charge in [-0.05, 0) is 131 Å². The number of amides is 5. The minimum Gasteiger partial charge on any atom is -0.468 e. The summed E-state index contributed by atoms with van der Waals surface area (Å²) in [5.74, 6) is -0.605.